The van der Waals surface area contributed by atoms with E-state index in [1.54, 1.807) is 17.6 Å². The Kier molecular flexibility index (Phi) is 4.99. The molecule has 2 rings (SSSR count). The number of nitrogens with one attached hydrogen (secondary N) is 1. The maximum absolute atomic E-state index is 5.56. The van der Waals surface area contributed by atoms with Gasteiger partial charge in [0.15, 0.2) is 0 Å². The minimum Gasteiger partial charge on any atom is -0.432 e. The van der Waals surface area contributed by atoms with Gasteiger partial charge >= 0.3 is 0 Å². The predicted molar refractivity (Wildman–Crippen MR) is 79.6 cm³/mol. The second kappa shape index (κ2) is 6.73. The molecule has 4 nitrogen and oxygen atoms in total. The fourth-order valence-electron chi connectivity index (χ4n) is 1.82. The number of hydrogen-bond donors (Lipinski definition) is 1. The molecule has 0 aliphatic heterocycles. The fourth-order valence-corrected chi connectivity index (χ4v) is 2.64. The van der Waals surface area contributed by atoms with Crippen LogP contribution < -0.4 is 10.2 Å². The Morgan fingerprint density at radius 1 is 1.53 bits per heavy atom. The third kappa shape index (κ3) is 3.58. The van der Waals surface area contributed by atoms with Crippen molar-refractivity contribution in [2.75, 3.05) is 18.5 Å². The van der Waals surface area contributed by atoms with E-state index < -0.39 is 0 Å². The molecule has 1 N–H and O–H groups in total. The van der Waals surface area contributed by atoms with Crippen LogP contribution in [-0.4, -0.2) is 18.6 Å². The SMILES string of the molecule is CCCNCc1coc(N(C)C(C)c2cccs2)n1. The van der Waals surface area contributed by atoms with Gasteiger partial charge in [0.2, 0.25) is 0 Å². The van der Waals surface area contributed by atoms with Gasteiger partial charge < -0.3 is 14.6 Å². The van der Waals surface area contributed by atoms with Crippen molar-refractivity contribution in [3.8, 4) is 0 Å². The van der Waals surface area contributed by atoms with Gasteiger partial charge in [-0.3, -0.25) is 0 Å². The van der Waals surface area contributed by atoms with Crippen LogP contribution in [0.25, 0.3) is 0 Å². The van der Waals surface area contributed by atoms with E-state index >= 15 is 0 Å². The Labute approximate surface area is 118 Å². The monoisotopic (exact) mass is 279 g/mol. The van der Waals surface area contributed by atoms with Crippen LogP contribution in [0.5, 0.6) is 0 Å². The summed E-state index contributed by atoms with van der Waals surface area (Å²) in [6.45, 7) is 6.07. The Hall–Kier alpha value is -1.33. The number of hydrogen-bond acceptors (Lipinski definition) is 5. The third-order valence-electron chi connectivity index (χ3n) is 3.11. The highest BCUT2D eigenvalue weighted by Crippen LogP contribution is 2.27. The molecule has 1 atom stereocenters. The number of aromatic nitrogens is 1. The van der Waals surface area contributed by atoms with Gasteiger partial charge in [0, 0.05) is 18.5 Å². The average Bonchev–Trinajstić information content (AvgIpc) is 3.08. The maximum Gasteiger partial charge on any atom is 0.297 e. The highest BCUT2D eigenvalue weighted by Gasteiger charge is 2.17. The molecular weight excluding hydrogens is 258 g/mol. The molecule has 0 aliphatic rings. The van der Waals surface area contributed by atoms with Gasteiger partial charge in [-0.15, -0.1) is 11.3 Å². The second-order valence-corrected chi connectivity index (χ2v) is 5.58. The van der Waals surface area contributed by atoms with Crippen molar-refractivity contribution in [1.82, 2.24) is 10.3 Å². The molecule has 0 aliphatic carbocycles. The first-order valence-electron chi connectivity index (χ1n) is 6.63. The lowest BCUT2D eigenvalue weighted by Crippen LogP contribution is -2.21. The van der Waals surface area contributed by atoms with Crippen molar-refractivity contribution in [3.63, 3.8) is 0 Å². The van der Waals surface area contributed by atoms with E-state index in [9.17, 15) is 0 Å². The Morgan fingerprint density at radius 3 is 3.05 bits per heavy atom. The summed E-state index contributed by atoms with van der Waals surface area (Å²) in [4.78, 5) is 7.89. The molecule has 1 unspecified atom stereocenters. The van der Waals surface area contributed by atoms with Gasteiger partial charge in [0.1, 0.15) is 6.26 Å². The fraction of sp³-hybridized carbons (Fsp3) is 0.500. The first kappa shape index (κ1) is 14.1. The molecule has 0 amide bonds. The van der Waals surface area contributed by atoms with Crippen LogP contribution in [0, 0.1) is 0 Å². The molecule has 0 saturated carbocycles. The molecule has 0 spiro atoms. The first-order valence-corrected chi connectivity index (χ1v) is 7.51. The summed E-state index contributed by atoms with van der Waals surface area (Å²) in [5.74, 6) is 0. The normalized spacial score (nSPS) is 12.6. The Bertz CT molecular complexity index is 481. The van der Waals surface area contributed by atoms with Crippen LogP contribution >= 0.6 is 11.3 Å². The highest BCUT2D eigenvalue weighted by molar-refractivity contribution is 7.10. The van der Waals surface area contributed by atoms with Crippen molar-refractivity contribution < 1.29 is 4.42 Å². The number of rotatable bonds is 7. The highest BCUT2D eigenvalue weighted by atomic mass is 32.1. The van der Waals surface area contributed by atoms with Crippen LogP contribution in [0.3, 0.4) is 0 Å². The number of oxazole rings is 1. The summed E-state index contributed by atoms with van der Waals surface area (Å²) < 4.78 is 5.56. The van der Waals surface area contributed by atoms with Gasteiger partial charge in [0.05, 0.1) is 11.7 Å². The van der Waals surface area contributed by atoms with Crippen LogP contribution in [-0.2, 0) is 6.54 Å². The topological polar surface area (TPSA) is 41.3 Å². The maximum atomic E-state index is 5.56. The Morgan fingerprint density at radius 2 is 2.37 bits per heavy atom. The summed E-state index contributed by atoms with van der Waals surface area (Å²) in [5, 5.41) is 5.41. The molecule has 2 aromatic heterocycles. The molecular formula is C14H21N3OS. The van der Waals surface area contributed by atoms with E-state index in [0.717, 1.165) is 25.2 Å². The lowest BCUT2D eigenvalue weighted by molar-refractivity contribution is 0.526. The molecule has 0 aromatic carbocycles. The summed E-state index contributed by atoms with van der Waals surface area (Å²) in [7, 11) is 2.01. The van der Waals surface area contributed by atoms with Gasteiger partial charge in [0.25, 0.3) is 6.01 Å². The molecule has 5 heteroatoms. The van der Waals surface area contributed by atoms with E-state index in [-0.39, 0.29) is 6.04 Å². The zero-order chi connectivity index (χ0) is 13.7. The second-order valence-electron chi connectivity index (χ2n) is 4.60. The van der Waals surface area contributed by atoms with Crippen LogP contribution in [0.15, 0.2) is 28.2 Å². The number of thiophene rings is 1. The zero-order valence-electron chi connectivity index (χ0n) is 11.7. The van der Waals surface area contributed by atoms with E-state index in [1.807, 2.05) is 7.05 Å². The smallest absolute Gasteiger partial charge is 0.297 e. The van der Waals surface area contributed by atoms with E-state index in [2.05, 4.69) is 46.6 Å². The number of anilines is 1. The van der Waals surface area contributed by atoms with Gasteiger partial charge in [-0.25, -0.2) is 0 Å². The van der Waals surface area contributed by atoms with Crippen molar-refractivity contribution in [3.05, 3.63) is 34.3 Å². The van der Waals surface area contributed by atoms with E-state index in [1.165, 1.54) is 4.88 Å². The first-order chi connectivity index (χ1) is 9.22. The summed E-state index contributed by atoms with van der Waals surface area (Å²) in [6, 6.07) is 5.16. The molecule has 0 bridgehead atoms. The zero-order valence-corrected chi connectivity index (χ0v) is 12.5. The molecule has 2 heterocycles. The van der Waals surface area contributed by atoms with Crippen LogP contribution in [0.2, 0.25) is 0 Å². The van der Waals surface area contributed by atoms with E-state index in [4.69, 9.17) is 4.42 Å². The molecule has 0 radical (unpaired) electrons. The van der Waals surface area contributed by atoms with Crippen LogP contribution in [0.4, 0.5) is 6.01 Å². The molecule has 19 heavy (non-hydrogen) atoms. The predicted octanol–water partition coefficient (Wildman–Crippen LogP) is 3.43. The molecule has 104 valence electrons. The van der Waals surface area contributed by atoms with Gasteiger partial charge in [-0.05, 0) is 31.3 Å². The van der Waals surface area contributed by atoms with Crippen molar-refractivity contribution in [2.45, 2.75) is 32.9 Å². The van der Waals surface area contributed by atoms with Crippen molar-refractivity contribution in [1.29, 1.82) is 0 Å². The summed E-state index contributed by atoms with van der Waals surface area (Å²) in [5.41, 5.74) is 0.952. The van der Waals surface area contributed by atoms with Gasteiger partial charge in [-0.2, -0.15) is 4.98 Å². The van der Waals surface area contributed by atoms with E-state index in [0.29, 0.717) is 6.01 Å². The minimum atomic E-state index is 0.273. The lowest BCUT2D eigenvalue weighted by Gasteiger charge is -2.21. The standard InChI is InChI=1S/C14H21N3OS/c1-4-7-15-9-12-10-18-14(16-12)17(3)11(2)13-6-5-8-19-13/h5-6,8,10-11,15H,4,7,9H2,1-3H3. The Balaban J connectivity index is 1.97. The lowest BCUT2D eigenvalue weighted by atomic mass is 10.2. The third-order valence-corrected chi connectivity index (χ3v) is 4.15. The average molecular weight is 279 g/mol. The molecule has 0 fully saturated rings. The van der Waals surface area contributed by atoms with Gasteiger partial charge in [-0.1, -0.05) is 13.0 Å². The van der Waals surface area contributed by atoms with Crippen molar-refractivity contribution >= 4 is 17.4 Å². The minimum absolute atomic E-state index is 0.273. The molecule has 0 saturated heterocycles. The largest absolute Gasteiger partial charge is 0.432 e. The number of nitrogens with zero attached hydrogens (tertiary/aromatic N) is 2. The summed E-state index contributed by atoms with van der Waals surface area (Å²) >= 11 is 1.75. The van der Waals surface area contributed by atoms with Crippen molar-refractivity contribution in [2.24, 2.45) is 0 Å². The quantitative estimate of drug-likeness (QED) is 0.788. The van der Waals surface area contributed by atoms with Crippen LogP contribution in [0.1, 0.15) is 36.9 Å². The molecule has 2 aromatic rings. The summed E-state index contributed by atoms with van der Waals surface area (Å²) in [6.07, 6.45) is 2.86.